The molecule has 0 N–H and O–H groups in total. The molecule has 256 valence electrons. The summed E-state index contributed by atoms with van der Waals surface area (Å²) in [5.74, 6) is -20.1. The van der Waals surface area contributed by atoms with Gasteiger partial charge in [0.2, 0.25) is 0 Å². The summed E-state index contributed by atoms with van der Waals surface area (Å²) in [7, 11) is -0.0227. The van der Waals surface area contributed by atoms with Crippen LogP contribution in [0.3, 0.4) is 0 Å². The van der Waals surface area contributed by atoms with E-state index in [1.54, 1.807) is 11.1 Å². The Labute approximate surface area is 312 Å². The average molecular weight is 826 g/mol. The first-order valence-electron chi connectivity index (χ1n) is 13.4. The third kappa shape index (κ3) is 9.84. The molecule has 0 bridgehead atoms. The van der Waals surface area contributed by atoms with Gasteiger partial charge in [-0.1, -0.05) is 61.4 Å². The number of fused-ring (bicyclic) bond motifs is 3. The normalized spacial score (nSPS) is 12.0. The van der Waals surface area contributed by atoms with Gasteiger partial charge in [-0.2, -0.15) is 12.1 Å². The van der Waals surface area contributed by atoms with Crippen LogP contribution in [-0.2, 0) is 26.2 Å². The predicted molar refractivity (Wildman–Crippen MR) is 173 cm³/mol. The van der Waals surface area contributed by atoms with Crippen LogP contribution in [0.15, 0.2) is 66.7 Å². The number of rotatable bonds is 4. The summed E-state index contributed by atoms with van der Waals surface area (Å²) in [6.07, 6.45) is 2.58. The van der Waals surface area contributed by atoms with Gasteiger partial charge in [-0.3, -0.25) is 17.6 Å². The molecule has 0 fully saturated rings. The molecule has 0 aliphatic heterocycles. The van der Waals surface area contributed by atoms with Crippen LogP contribution < -0.4 is 0 Å². The van der Waals surface area contributed by atoms with E-state index in [0.717, 1.165) is 12.1 Å². The second-order valence-corrected chi connectivity index (χ2v) is 12.5. The largest absolute Gasteiger partial charge is 3.00 e. The Bertz CT molecular complexity index is 1710. The molecule has 5 aromatic rings. The Morgan fingerprint density at radius 1 is 0.571 bits per heavy atom. The van der Waals surface area contributed by atoms with Gasteiger partial charge in [0.1, 0.15) is 0 Å². The third-order valence-electron chi connectivity index (χ3n) is 7.06. The zero-order chi connectivity index (χ0) is 33.0. The van der Waals surface area contributed by atoms with E-state index in [-0.39, 0.29) is 67.4 Å². The molecule has 4 radical (unpaired) electrons. The van der Waals surface area contributed by atoms with Crippen LogP contribution in [0.2, 0.25) is 0 Å². The quantitative estimate of drug-likeness (QED) is 0.0423. The van der Waals surface area contributed by atoms with Crippen molar-refractivity contribution in [3.05, 3.63) is 148 Å². The summed E-state index contributed by atoms with van der Waals surface area (Å²) in [5.41, 5.74) is 9.43. The molecular weight excluding hydrogens is 802 g/mol. The summed E-state index contributed by atoms with van der Waals surface area (Å²) in [6, 6.07) is 26.7. The van der Waals surface area contributed by atoms with Crippen LogP contribution in [0.5, 0.6) is 0 Å². The van der Waals surface area contributed by atoms with Crippen LogP contribution in [0.1, 0.15) is 30.6 Å². The minimum Gasteiger partial charge on any atom is -0.278 e. The Morgan fingerprint density at radius 2 is 0.980 bits per heavy atom. The molecule has 49 heavy (non-hydrogen) atoms. The van der Waals surface area contributed by atoms with Crippen molar-refractivity contribution in [3.63, 3.8) is 0 Å². The standard InChI is InChI=1S/C22H22P.2C6F5.B.2ClH.Zr/c1-3-23(4-2)22-20-13-8-7-12-18(20)19-15-9-14-17(21(19)22)16-10-5-6-11-16;2*7-2-1-3(8)5(10)6(11)4(2)9;;;;/h5-15,22H,3-4H2,1-2H3;;;;2*1H;/q3*-1;;;;+3. The molecule has 1 unspecified atom stereocenters. The second kappa shape index (κ2) is 20.4. The predicted octanol–water partition coefficient (Wildman–Crippen LogP) is 11.5. The summed E-state index contributed by atoms with van der Waals surface area (Å²) in [6.45, 7) is 4.72. The van der Waals surface area contributed by atoms with Gasteiger partial charge in [0, 0.05) is 14.1 Å². The molecule has 0 aromatic heterocycles. The van der Waals surface area contributed by atoms with E-state index >= 15 is 0 Å². The Morgan fingerprint density at radius 3 is 1.41 bits per heavy atom. The minimum absolute atomic E-state index is 0. The van der Waals surface area contributed by atoms with Gasteiger partial charge in [0.05, 0.1) is 58.2 Å². The maximum absolute atomic E-state index is 12.0. The first-order chi connectivity index (χ1) is 21.4. The van der Waals surface area contributed by atoms with E-state index in [0.29, 0.717) is 5.66 Å². The fourth-order valence-electron chi connectivity index (χ4n) is 4.99. The molecular formula is C34H24BCl2F10PZr. The van der Waals surface area contributed by atoms with Crippen molar-refractivity contribution >= 4 is 41.1 Å². The fourth-order valence-corrected chi connectivity index (χ4v) is 7.43. The molecule has 0 amide bonds. The number of hydrogen-bond acceptors (Lipinski definition) is 0. The van der Waals surface area contributed by atoms with E-state index in [1.807, 2.05) is 0 Å². The van der Waals surface area contributed by atoms with Crippen LogP contribution in [-0.4, -0.2) is 20.7 Å². The molecule has 0 saturated heterocycles. The number of halogens is 12. The van der Waals surface area contributed by atoms with E-state index in [2.05, 4.69) is 80.6 Å². The minimum atomic E-state index is -2.17. The smallest absolute Gasteiger partial charge is 0.278 e. The summed E-state index contributed by atoms with van der Waals surface area (Å²) in [4.78, 5) is 0. The SMILES string of the molecule is CCP(CC)C1c2ccccc2-c2cccc(-[c-]3cccc3)c21.Cl.Cl.Fc1[c-]c(F)c(F)c(F)c1F.Fc1[c-]c(F)c(F)c(F)c1F.[B].[Zr+3]. The van der Waals surface area contributed by atoms with Crippen molar-refractivity contribution in [1.29, 1.82) is 0 Å². The second-order valence-electron chi connectivity index (χ2n) is 9.54. The third-order valence-corrected chi connectivity index (χ3v) is 9.95. The molecule has 0 saturated carbocycles. The van der Waals surface area contributed by atoms with Crippen molar-refractivity contribution < 1.29 is 70.1 Å². The van der Waals surface area contributed by atoms with Gasteiger partial charge in [-0.05, 0) is 29.0 Å². The van der Waals surface area contributed by atoms with E-state index in [1.165, 1.54) is 34.6 Å². The maximum atomic E-state index is 12.0. The van der Waals surface area contributed by atoms with Gasteiger partial charge in [-0.15, -0.1) is 68.6 Å². The summed E-state index contributed by atoms with van der Waals surface area (Å²) < 4.78 is 120. The molecule has 1 atom stereocenters. The van der Waals surface area contributed by atoms with Gasteiger partial charge >= 0.3 is 26.2 Å². The Hall–Kier alpha value is -2.51. The van der Waals surface area contributed by atoms with E-state index < -0.39 is 58.2 Å². The van der Waals surface area contributed by atoms with Crippen LogP contribution >= 0.6 is 32.7 Å². The van der Waals surface area contributed by atoms with Crippen molar-refractivity contribution in [2.24, 2.45) is 0 Å². The number of benzene rings is 4. The molecule has 0 nitrogen and oxygen atoms in total. The first-order valence-corrected chi connectivity index (χ1v) is 15.2. The molecule has 1 aliphatic rings. The Balaban J connectivity index is 0.000000758. The van der Waals surface area contributed by atoms with Crippen LogP contribution in [0, 0.1) is 70.3 Å². The van der Waals surface area contributed by atoms with Crippen LogP contribution in [0.4, 0.5) is 43.9 Å². The topological polar surface area (TPSA) is 0 Å². The maximum Gasteiger partial charge on any atom is 3.00 e. The Kier molecular flexibility index (Phi) is 19.3. The molecule has 0 spiro atoms. The van der Waals surface area contributed by atoms with Crippen molar-refractivity contribution in [2.45, 2.75) is 19.5 Å². The van der Waals surface area contributed by atoms with Crippen molar-refractivity contribution in [2.75, 3.05) is 12.3 Å². The number of hydrogen-bond donors (Lipinski definition) is 0. The summed E-state index contributed by atoms with van der Waals surface area (Å²) in [5, 5.41) is 0. The molecule has 15 heteroatoms. The van der Waals surface area contributed by atoms with E-state index in [9.17, 15) is 43.9 Å². The van der Waals surface area contributed by atoms with Crippen LogP contribution in [0.25, 0.3) is 22.3 Å². The van der Waals surface area contributed by atoms with E-state index in [4.69, 9.17) is 0 Å². The van der Waals surface area contributed by atoms with Gasteiger partial charge in [-0.25, -0.2) is 26.3 Å². The molecule has 5 aromatic carbocycles. The average Bonchev–Trinajstić information content (AvgIpc) is 3.70. The van der Waals surface area contributed by atoms with Crippen molar-refractivity contribution in [3.8, 4) is 22.3 Å². The first kappa shape index (κ1) is 46.5. The van der Waals surface area contributed by atoms with Gasteiger partial charge in [0.15, 0.2) is 0 Å². The van der Waals surface area contributed by atoms with Crippen molar-refractivity contribution in [1.82, 2.24) is 0 Å². The molecule has 6 rings (SSSR count). The monoisotopic (exact) mass is 824 g/mol. The molecule has 1 aliphatic carbocycles. The zero-order valence-electron chi connectivity index (χ0n) is 25.5. The zero-order valence-corrected chi connectivity index (χ0v) is 30.4. The molecule has 0 heterocycles. The van der Waals surface area contributed by atoms with Gasteiger partial charge in [0.25, 0.3) is 0 Å². The fraction of sp³-hybridized carbons (Fsp3) is 0.147. The van der Waals surface area contributed by atoms with Gasteiger partial charge < -0.3 is 0 Å². The summed E-state index contributed by atoms with van der Waals surface area (Å²) >= 11 is 0.